The Morgan fingerprint density at radius 2 is 1.96 bits per heavy atom. The number of phenols is 1. The summed E-state index contributed by atoms with van der Waals surface area (Å²) in [5.41, 5.74) is 3.21. The van der Waals surface area contributed by atoms with Crippen LogP contribution in [0.25, 0.3) is 0 Å². The number of anilines is 2. The fourth-order valence-corrected chi connectivity index (χ4v) is 3.27. The average Bonchev–Trinajstić information content (AvgIpc) is 3.08. The topological polar surface area (TPSA) is 56.1 Å². The molecule has 0 aliphatic carbocycles. The van der Waals surface area contributed by atoms with Crippen molar-refractivity contribution < 1.29 is 9.90 Å². The zero-order valence-corrected chi connectivity index (χ0v) is 15.4. The summed E-state index contributed by atoms with van der Waals surface area (Å²) in [6.45, 7) is 6.69. The lowest BCUT2D eigenvalue weighted by molar-refractivity contribution is -0.117. The predicted molar refractivity (Wildman–Crippen MR) is 107 cm³/mol. The first-order valence-corrected chi connectivity index (χ1v) is 9.15. The lowest BCUT2D eigenvalue weighted by Crippen LogP contribution is -2.23. The molecule has 5 heteroatoms. The first kappa shape index (κ1) is 18.0. The maximum absolute atomic E-state index is 12.0. The van der Waals surface area contributed by atoms with Gasteiger partial charge in [0.15, 0.2) is 0 Å². The molecule has 0 atom stereocenters. The van der Waals surface area contributed by atoms with E-state index in [-0.39, 0.29) is 11.7 Å². The van der Waals surface area contributed by atoms with Gasteiger partial charge in [0.05, 0.1) is 11.4 Å². The molecular formula is C21H25N3O2. The van der Waals surface area contributed by atoms with Crippen LogP contribution in [0.1, 0.15) is 32.3 Å². The van der Waals surface area contributed by atoms with Crippen molar-refractivity contribution in [2.24, 2.45) is 4.99 Å². The number of amides is 1. The summed E-state index contributed by atoms with van der Waals surface area (Å²) in [6, 6.07) is 13.2. The maximum atomic E-state index is 12.0. The first-order chi connectivity index (χ1) is 12.6. The quantitative estimate of drug-likeness (QED) is 0.797. The second-order valence-electron chi connectivity index (χ2n) is 6.31. The SMILES string of the molecule is CCN(CC)c1ccc(C=Nc2ccccc2N2CCCC2=O)c(O)c1. The molecule has 0 spiro atoms. The minimum atomic E-state index is 0.138. The van der Waals surface area contributed by atoms with Crippen LogP contribution >= 0.6 is 0 Å². The van der Waals surface area contributed by atoms with E-state index in [4.69, 9.17) is 0 Å². The van der Waals surface area contributed by atoms with E-state index in [1.54, 1.807) is 17.2 Å². The second kappa shape index (κ2) is 8.04. The molecule has 0 bridgehead atoms. The maximum Gasteiger partial charge on any atom is 0.227 e. The summed E-state index contributed by atoms with van der Waals surface area (Å²) in [5, 5.41) is 10.3. The summed E-state index contributed by atoms with van der Waals surface area (Å²) in [7, 11) is 0. The van der Waals surface area contributed by atoms with Crippen LogP contribution in [0.2, 0.25) is 0 Å². The third kappa shape index (κ3) is 3.72. The number of hydrogen-bond acceptors (Lipinski definition) is 4. The van der Waals surface area contributed by atoms with Crippen molar-refractivity contribution in [1.82, 2.24) is 0 Å². The molecule has 136 valence electrons. The number of nitrogens with zero attached hydrogens (tertiary/aromatic N) is 3. The molecule has 2 aromatic carbocycles. The van der Waals surface area contributed by atoms with Crippen molar-refractivity contribution in [3.05, 3.63) is 48.0 Å². The lowest BCUT2D eigenvalue weighted by atomic mass is 10.1. The third-order valence-corrected chi connectivity index (χ3v) is 4.73. The standard InChI is InChI=1S/C21H25N3O2/c1-3-23(4-2)17-12-11-16(20(25)14-17)15-22-18-8-5-6-9-19(18)24-13-7-10-21(24)26/h5-6,8-9,11-12,14-15,25H,3-4,7,10,13H2,1-2H3. The van der Waals surface area contributed by atoms with Crippen LogP contribution < -0.4 is 9.80 Å². The molecule has 1 heterocycles. The van der Waals surface area contributed by atoms with Crippen molar-refractivity contribution in [3.8, 4) is 5.75 Å². The van der Waals surface area contributed by atoms with E-state index in [1.807, 2.05) is 36.4 Å². The van der Waals surface area contributed by atoms with Crippen molar-refractivity contribution in [2.75, 3.05) is 29.4 Å². The van der Waals surface area contributed by atoms with Crippen molar-refractivity contribution in [1.29, 1.82) is 0 Å². The van der Waals surface area contributed by atoms with Gasteiger partial charge in [0.25, 0.3) is 0 Å². The number of aliphatic imine (C=N–C) groups is 1. The van der Waals surface area contributed by atoms with Crippen LogP contribution in [0.15, 0.2) is 47.5 Å². The molecule has 1 aliphatic heterocycles. The van der Waals surface area contributed by atoms with E-state index in [9.17, 15) is 9.90 Å². The monoisotopic (exact) mass is 351 g/mol. The molecule has 0 unspecified atom stereocenters. The van der Waals surface area contributed by atoms with Gasteiger partial charge in [0, 0.05) is 49.6 Å². The van der Waals surface area contributed by atoms with E-state index in [0.717, 1.165) is 43.1 Å². The predicted octanol–water partition coefficient (Wildman–Crippen LogP) is 4.12. The highest BCUT2D eigenvalue weighted by molar-refractivity contribution is 5.99. The normalized spacial score (nSPS) is 14.4. The highest BCUT2D eigenvalue weighted by atomic mass is 16.3. The van der Waals surface area contributed by atoms with E-state index in [2.05, 4.69) is 23.7 Å². The van der Waals surface area contributed by atoms with Crippen LogP contribution in [0.3, 0.4) is 0 Å². The molecular weight excluding hydrogens is 326 g/mol. The van der Waals surface area contributed by atoms with Crippen LogP contribution in [0.4, 0.5) is 17.1 Å². The van der Waals surface area contributed by atoms with Crippen molar-refractivity contribution in [2.45, 2.75) is 26.7 Å². The van der Waals surface area contributed by atoms with Gasteiger partial charge < -0.3 is 14.9 Å². The lowest BCUT2D eigenvalue weighted by Gasteiger charge is -2.21. The number of phenolic OH excluding ortho intramolecular Hbond substituents is 1. The summed E-state index contributed by atoms with van der Waals surface area (Å²) < 4.78 is 0. The summed E-state index contributed by atoms with van der Waals surface area (Å²) in [5.74, 6) is 0.340. The molecule has 0 aromatic heterocycles. The van der Waals surface area contributed by atoms with Gasteiger partial charge in [-0.3, -0.25) is 9.79 Å². The van der Waals surface area contributed by atoms with Crippen molar-refractivity contribution >= 4 is 29.2 Å². The number of rotatable bonds is 6. The van der Waals surface area contributed by atoms with Crippen LogP contribution in [0.5, 0.6) is 5.75 Å². The Bertz CT molecular complexity index is 813. The number of aromatic hydroxyl groups is 1. The highest BCUT2D eigenvalue weighted by Gasteiger charge is 2.23. The molecule has 1 N–H and O–H groups in total. The minimum absolute atomic E-state index is 0.138. The van der Waals surface area contributed by atoms with Gasteiger partial charge in [-0.25, -0.2) is 0 Å². The van der Waals surface area contributed by atoms with Crippen LogP contribution in [-0.2, 0) is 4.79 Å². The van der Waals surface area contributed by atoms with Gasteiger partial charge in [0.2, 0.25) is 5.91 Å². The molecule has 3 rings (SSSR count). The fourth-order valence-electron chi connectivity index (χ4n) is 3.27. The van der Waals surface area contributed by atoms with E-state index >= 15 is 0 Å². The molecule has 26 heavy (non-hydrogen) atoms. The van der Waals surface area contributed by atoms with Crippen molar-refractivity contribution in [3.63, 3.8) is 0 Å². The van der Waals surface area contributed by atoms with Gasteiger partial charge in [-0.1, -0.05) is 12.1 Å². The number of para-hydroxylation sites is 2. The second-order valence-corrected chi connectivity index (χ2v) is 6.31. The Hall–Kier alpha value is -2.82. The molecule has 0 radical (unpaired) electrons. The zero-order chi connectivity index (χ0) is 18.5. The Kier molecular flexibility index (Phi) is 5.56. The van der Waals surface area contributed by atoms with Gasteiger partial charge in [-0.2, -0.15) is 0 Å². The van der Waals surface area contributed by atoms with E-state index in [0.29, 0.717) is 12.0 Å². The number of hydrogen-bond donors (Lipinski definition) is 1. The van der Waals surface area contributed by atoms with Gasteiger partial charge in [0.1, 0.15) is 5.75 Å². The van der Waals surface area contributed by atoms with Crippen LogP contribution in [-0.4, -0.2) is 36.9 Å². The molecule has 2 aromatic rings. The minimum Gasteiger partial charge on any atom is -0.507 e. The summed E-state index contributed by atoms with van der Waals surface area (Å²) >= 11 is 0. The number of carbonyl (C=O) groups is 1. The Morgan fingerprint density at radius 1 is 1.19 bits per heavy atom. The number of benzene rings is 2. The average molecular weight is 351 g/mol. The number of carbonyl (C=O) groups excluding carboxylic acids is 1. The molecule has 1 saturated heterocycles. The zero-order valence-electron chi connectivity index (χ0n) is 15.4. The molecule has 0 saturated carbocycles. The van der Waals surface area contributed by atoms with Gasteiger partial charge >= 0.3 is 0 Å². The Labute approximate surface area is 154 Å². The summed E-state index contributed by atoms with van der Waals surface area (Å²) in [4.78, 5) is 20.5. The smallest absolute Gasteiger partial charge is 0.227 e. The molecule has 5 nitrogen and oxygen atoms in total. The van der Waals surface area contributed by atoms with Crippen LogP contribution in [0, 0.1) is 0 Å². The third-order valence-electron chi connectivity index (χ3n) is 4.73. The van der Waals surface area contributed by atoms with Gasteiger partial charge in [-0.15, -0.1) is 0 Å². The molecule has 1 aliphatic rings. The largest absolute Gasteiger partial charge is 0.507 e. The Balaban J connectivity index is 1.86. The molecule has 1 amide bonds. The molecule has 1 fully saturated rings. The van der Waals surface area contributed by atoms with Gasteiger partial charge in [-0.05, 0) is 44.5 Å². The van der Waals surface area contributed by atoms with E-state index in [1.165, 1.54) is 0 Å². The van der Waals surface area contributed by atoms with E-state index < -0.39 is 0 Å². The Morgan fingerprint density at radius 3 is 2.62 bits per heavy atom. The highest BCUT2D eigenvalue weighted by Crippen LogP contribution is 2.32. The fraction of sp³-hybridized carbons (Fsp3) is 0.333. The summed E-state index contributed by atoms with van der Waals surface area (Å²) in [6.07, 6.45) is 3.12. The first-order valence-electron chi connectivity index (χ1n) is 9.15.